The molecule has 0 unspecified atom stereocenters. The van der Waals surface area contributed by atoms with Gasteiger partial charge in [0.1, 0.15) is 17.7 Å². The van der Waals surface area contributed by atoms with Gasteiger partial charge in [0.15, 0.2) is 11.5 Å². The Bertz CT molecular complexity index is 2760. The summed E-state index contributed by atoms with van der Waals surface area (Å²) in [5, 5.41) is 6.58. The first kappa shape index (κ1) is 32.4. The van der Waals surface area contributed by atoms with Gasteiger partial charge in [0, 0.05) is 34.4 Å². The topological polar surface area (TPSA) is 137 Å². The zero-order valence-electron chi connectivity index (χ0n) is 27.4. The van der Waals surface area contributed by atoms with Crippen LogP contribution >= 0.6 is 23.2 Å². The van der Waals surface area contributed by atoms with Crippen molar-refractivity contribution in [2.45, 2.75) is 25.9 Å². The van der Waals surface area contributed by atoms with Gasteiger partial charge in [0.05, 0.1) is 26.9 Å². The zero-order valence-corrected chi connectivity index (χ0v) is 28.9. The highest BCUT2D eigenvalue weighted by molar-refractivity contribution is 6.35. The molecule has 12 heteroatoms. The molecular formula is C39H30Cl2N8O2. The van der Waals surface area contributed by atoms with Crippen LogP contribution in [0.1, 0.15) is 37.3 Å². The molecule has 0 amide bonds. The second kappa shape index (κ2) is 12.8. The van der Waals surface area contributed by atoms with Crippen molar-refractivity contribution in [3.63, 3.8) is 0 Å². The van der Waals surface area contributed by atoms with Gasteiger partial charge in [-0.25, -0.2) is 15.0 Å². The van der Waals surface area contributed by atoms with E-state index in [0.29, 0.717) is 66.4 Å². The minimum Gasteiger partial charge on any atom is -0.360 e. The van der Waals surface area contributed by atoms with Crippen molar-refractivity contribution in [3.05, 3.63) is 152 Å². The van der Waals surface area contributed by atoms with Gasteiger partial charge in [-0.05, 0) is 73.2 Å². The van der Waals surface area contributed by atoms with Gasteiger partial charge in [0.2, 0.25) is 0 Å². The number of anilines is 1. The molecule has 0 saturated carbocycles. The molecule has 4 aromatic heterocycles. The minimum absolute atomic E-state index is 0.218. The Morgan fingerprint density at radius 2 is 1.33 bits per heavy atom. The Labute approximate surface area is 301 Å². The van der Waals surface area contributed by atoms with Crippen LogP contribution in [0.15, 0.2) is 119 Å². The normalized spacial score (nSPS) is 12.8. The fraction of sp³-hybridized carbons (Fsp3) is 0.103. The highest BCUT2D eigenvalue weighted by Crippen LogP contribution is 2.31. The predicted octanol–water partition coefficient (Wildman–Crippen LogP) is 8.13. The molecule has 0 spiro atoms. The maximum absolute atomic E-state index is 14.0. The first-order chi connectivity index (χ1) is 24.7. The van der Waals surface area contributed by atoms with E-state index in [2.05, 4.69) is 20.3 Å². The second-order valence-electron chi connectivity index (χ2n) is 12.4. The number of nitrogens with zero attached hydrogens (tertiary/aromatic N) is 5. The standard InChI is InChI=1S/C39H30Cl2N8O2/c1-21(42)30-18-23-9-7-15-28(40)32(23)39(51)49(30)27-14-6-11-25(17-27)35-46-34-36(43-20-44-37(34)47-35)45-22(2)31-19-24-10-8-16-29(41)33(24)38(50)48(31)26-12-4-3-5-13-26/h3-22H,42H2,1-2H3,(H2,43,44,45,46,47)/t21-,22-/m0/s1. The number of hydrogen-bond acceptors (Lipinski definition) is 7. The highest BCUT2D eigenvalue weighted by atomic mass is 35.5. The van der Waals surface area contributed by atoms with Crippen molar-refractivity contribution in [2.24, 2.45) is 5.73 Å². The Morgan fingerprint density at radius 3 is 2.00 bits per heavy atom. The molecule has 0 bridgehead atoms. The molecule has 0 fully saturated rings. The molecule has 4 aromatic carbocycles. The maximum Gasteiger partial charge on any atom is 0.264 e. The van der Waals surface area contributed by atoms with E-state index in [1.807, 2.05) is 105 Å². The highest BCUT2D eigenvalue weighted by Gasteiger charge is 2.21. The number of halogens is 2. The van der Waals surface area contributed by atoms with Crippen LogP contribution in [0.25, 0.3) is 55.5 Å². The lowest BCUT2D eigenvalue weighted by Crippen LogP contribution is -2.26. The third kappa shape index (κ3) is 5.63. The molecule has 252 valence electrons. The van der Waals surface area contributed by atoms with E-state index in [1.54, 1.807) is 21.3 Å². The molecular weight excluding hydrogens is 683 g/mol. The number of benzene rings is 4. The van der Waals surface area contributed by atoms with E-state index in [0.717, 1.165) is 16.3 Å². The van der Waals surface area contributed by atoms with Gasteiger partial charge in [-0.3, -0.25) is 18.7 Å². The summed E-state index contributed by atoms with van der Waals surface area (Å²) in [6.45, 7) is 3.80. The summed E-state index contributed by atoms with van der Waals surface area (Å²) in [7, 11) is 0. The van der Waals surface area contributed by atoms with E-state index in [-0.39, 0.29) is 11.1 Å². The van der Waals surface area contributed by atoms with E-state index < -0.39 is 12.1 Å². The number of nitrogens with one attached hydrogen (secondary N) is 2. The number of para-hydroxylation sites is 1. The average Bonchev–Trinajstić information content (AvgIpc) is 3.57. The van der Waals surface area contributed by atoms with Gasteiger partial charge >= 0.3 is 0 Å². The van der Waals surface area contributed by atoms with Crippen molar-refractivity contribution in [2.75, 3.05) is 5.32 Å². The molecule has 0 saturated heterocycles. The summed E-state index contributed by atoms with van der Waals surface area (Å²) in [5.41, 5.74) is 10.3. The number of rotatable bonds is 7. The van der Waals surface area contributed by atoms with E-state index in [9.17, 15) is 9.59 Å². The molecule has 4 N–H and O–H groups in total. The lowest BCUT2D eigenvalue weighted by Gasteiger charge is -2.21. The minimum atomic E-state index is -0.431. The molecule has 4 heterocycles. The van der Waals surface area contributed by atoms with Gasteiger partial charge < -0.3 is 16.0 Å². The van der Waals surface area contributed by atoms with E-state index in [1.165, 1.54) is 6.33 Å². The third-order valence-corrected chi connectivity index (χ3v) is 9.62. The summed E-state index contributed by atoms with van der Waals surface area (Å²) < 4.78 is 3.27. The molecule has 0 aliphatic heterocycles. The molecule has 8 aromatic rings. The van der Waals surface area contributed by atoms with Crippen LogP contribution in [0, 0.1) is 0 Å². The lowest BCUT2D eigenvalue weighted by atomic mass is 10.1. The third-order valence-electron chi connectivity index (χ3n) is 8.99. The number of aromatic amines is 1. The summed E-state index contributed by atoms with van der Waals surface area (Å²) >= 11 is 13.0. The number of hydrogen-bond donors (Lipinski definition) is 3. The molecule has 8 rings (SSSR count). The van der Waals surface area contributed by atoms with E-state index >= 15 is 0 Å². The molecule has 51 heavy (non-hydrogen) atoms. The monoisotopic (exact) mass is 712 g/mol. The van der Waals surface area contributed by atoms with E-state index in [4.69, 9.17) is 33.9 Å². The van der Waals surface area contributed by atoms with Crippen LogP contribution in [0.3, 0.4) is 0 Å². The molecule has 2 atom stereocenters. The summed E-state index contributed by atoms with van der Waals surface area (Å²) in [5.74, 6) is 1.03. The van der Waals surface area contributed by atoms with Gasteiger partial charge in [-0.2, -0.15) is 0 Å². The first-order valence-corrected chi connectivity index (χ1v) is 17.0. The number of H-pyrrole nitrogens is 1. The van der Waals surface area contributed by atoms with Crippen molar-refractivity contribution in [3.8, 4) is 22.8 Å². The average molecular weight is 714 g/mol. The largest absolute Gasteiger partial charge is 0.360 e. The van der Waals surface area contributed by atoms with Crippen molar-refractivity contribution < 1.29 is 0 Å². The Balaban J connectivity index is 1.20. The SMILES string of the molecule is C[C@H](N)c1cc2cccc(Cl)c2c(=O)n1-c1cccc(-c2nc3ncnc(N[C@@H](C)c4cc5cccc(Cl)c5c(=O)n4-c4ccccc4)c3[nH]2)c1. The fourth-order valence-corrected chi connectivity index (χ4v) is 7.11. The van der Waals surface area contributed by atoms with Crippen molar-refractivity contribution >= 4 is 61.7 Å². The quantitative estimate of drug-likeness (QED) is 0.152. The molecule has 10 nitrogen and oxygen atoms in total. The van der Waals surface area contributed by atoms with Crippen LogP contribution in [0.5, 0.6) is 0 Å². The predicted molar refractivity (Wildman–Crippen MR) is 204 cm³/mol. The zero-order chi connectivity index (χ0) is 35.4. The number of imidazole rings is 1. The Hall–Kier alpha value is -5.81. The van der Waals surface area contributed by atoms with Crippen LogP contribution in [0.4, 0.5) is 5.82 Å². The van der Waals surface area contributed by atoms with Crippen LogP contribution in [-0.2, 0) is 0 Å². The molecule has 0 radical (unpaired) electrons. The number of pyridine rings is 2. The summed E-state index contributed by atoms with van der Waals surface area (Å²) in [6, 6.07) is 30.8. The first-order valence-electron chi connectivity index (χ1n) is 16.3. The van der Waals surface area contributed by atoms with Crippen LogP contribution in [0.2, 0.25) is 10.0 Å². The molecule has 0 aliphatic rings. The van der Waals surface area contributed by atoms with Gasteiger partial charge in [-0.1, -0.05) is 77.8 Å². The smallest absolute Gasteiger partial charge is 0.264 e. The number of nitrogens with two attached hydrogens (primary N) is 1. The van der Waals surface area contributed by atoms with Crippen LogP contribution in [-0.4, -0.2) is 29.1 Å². The lowest BCUT2D eigenvalue weighted by molar-refractivity contribution is 0.734. The number of fused-ring (bicyclic) bond motifs is 3. The fourth-order valence-electron chi connectivity index (χ4n) is 6.59. The summed E-state index contributed by atoms with van der Waals surface area (Å²) in [6.07, 6.45) is 1.44. The molecule has 0 aliphatic carbocycles. The Kier molecular flexibility index (Phi) is 8.14. The van der Waals surface area contributed by atoms with Crippen molar-refractivity contribution in [1.82, 2.24) is 29.1 Å². The summed E-state index contributed by atoms with van der Waals surface area (Å²) in [4.78, 5) is 45.0. The van der Waals surface area contributed by atoms with Gasteiger partial charge in [0.25, 0.3) is 11.1 Å². The number of aromatic nitrogens is 6. The maximum atomic E-state index is 14.0. The second-order valence-corrected chi connectivity index (χ2v) is 13.2. The van der Waals surface area contributed by atoms with Crippen molar-refractivity contribution in [1.29, 1.82) is 0 Å². The van der Waals surface area contributed by atoms with Gasteiger partial charge in [-0.15, -0.1) is 0 Å². The Morgan fingerprint density at radius 1 is 0.725 bits per heavy atom. The van der Waals surface area contributed by atoms with Crippen LogP contribution < -0.4 is 22.2 Å².